The predicted octanol–water partition coefficient (Wildman–Crippen LogP) is 3.42. The largest absolute Gasteiger partial charge is 0.160 e. The summed E-state index contributed by atoms with van der Waals surface area (Å²) < 4.78 is 0. The quantitative estimate of drug-likeness (QED) is 0.444. The first kappa shape index (κ1) is 11.3. The van der Waals surface area contributed by atoms with Gasteiger partial charge in [0.2, 0.25) is 0 Å². The highest BCUT2D eigenvalue weighted by Gasteiger charge is 1.92. The minimum atomic E-state index is 1.01. The predicted molar refractivity (Wildman–Crippen MR) is 56.0 cm³/mol. The van der Waals surface area contributed by atoms with Gasteiger partial charge in [0.05, 0.1) is 0 Å². The summed E-state index contributed by atoms with van der Waals surface area (Å²) in [5.74, 6) is 0. The number of nitrogens with zero attached hydrogens (tertiary/aromatic N) is 2. The first-order chi connectivity index (χ1) is 5.78. The molecule has 0 saturated carbocycles. The van der Waals surface area contributed by atoms with Crippen LogP contribution in [-0.2, 0) is 0 Å². The Morgan fingerprint density at radius 1 is 0.667 bits per heavy atom. The van der Waals surface area contributed by atoms with E-state index in [-0.39, 0.29) is 0 Å². The van der Waals surface area contributed by atoms with Gasteiger partial charge in [-0.1, -0.05) is 27.7 Å². The van der Waals surface area contributed by atoms with E-state index in [0.29, 0.717) is 0 Å². The van der Waals surface area contributed by atoms with E-state index in [1.54, 1.807) is 0 Å². The van der Waals surface area contributed by atoms with Crippen molar-refractivity contribution in [3.63, 3.8) is 0 Å². The fraction of sp³-hybridized carbons (Fsp3) is 0.800. The van der Waals surface area contributed by atoms with E-state index in [0.717, 1.165) is 25.7 Å². The van der Waals surface area contributed by atoms with E-state index < -0.39 is 0 Å². The maximum atomic E-state index is 4.21. The zero-order valence-electron chi connectivity index (χ0n) is 8.72. The van der Waals surface area contributed by atoms with Gasteiger partial charge in [-0.15, -0.1) is 0 Å². The standard InChI is InChI=1S/C10H20N2/c1-5-9(6-2)11-12-10(7-3)8-4/h5-8H2,1-4H3. The third-order valence-electron chi connectivity index (χ3n) is 1.97. The van der Waals surface area contributed by atoms with Crippen molar-refractivity contribution < 1.29 is 0 Å². The maximum absolute atomic E-state index is 4.21. The van der Waals surface area contributed by atoms with Crippen molar-refractivity contribution in [3.8, 4) is 0 Å². The lowest BCUT2D eigenvalue weighted by Crippen LogP contribution is -1.95. The monoisotopic (exact) mass is 168 g/mol. The number of hydrogen-bond acceptors (Lipinski definition) is 2. The molecule has 0 bridgehead atoms. The second-order valence-corrected chi connectivity index (χ2v) is 2.75. The lowest BCUT2D eigenvalue weighted by atomic mass is 10.2. The molecule has 0 unspecified atom stereocenters. The highest BCUT2D eigenvalue weighted by atomic mass is 15.2. The second kappa shape index (κ2) is 7.01. The molecule has 70 valence electrons. The summed E-state index contributed by atoms with van der Waals surface area (Å²) in [6, 6.07) is 0. The van der Waals surface area contributed by atoms with Gasteiger partial charge in [-0.3, -0.25) is 0 Å². The Labute approximate surface area is 75.8 Å². The summed E-state index contributed by atoms with van der Waals surface area (Å²) in [4.78, 5) is 0. The lowest BCUT2D eigenvalue weighted by Gasteiger charge is -1.97. The molecule has 2 heteroatoms. The third kappa shape index (κ3) is 4.27. The second-order valence-electron chi connectivity index (χ2n) is 2.75. The topological polar surface area (TPSA) is 24.7 Å². The van der Waals surface area contributed by atoms with E-state index in [1.807, 2.05) is 0 Å². The summed E-state index contributed by atoms with van der Waals surface area (Å²) in [5, 5.41) is 8.41. The smallest absolute Gasteiger partial charge is 0.0400 e. The molecular formula is C10H20N2. The van der Waals surface area contributed by atoms with Crippen molar-refractivity contribution in [3.05, 3.63) is 0 Å². The highest BCUT2D eigenvalue weighted by Crippen LogP contribution is 1.96. The van der Waals surface area contributed by atoms with Gasteiger partial charge >= 0.3 is 0 Å². The Bertz CT molecular complexity index is 137. The Kier molecular flexibility index (Phi) is 6.63. The molecule has 0 radical (unpaired) electrons. The molecule has 0 heterocycles. The summed E-state index contributed by atoms with van der Waals surface area (Å²) >= 11 is 0. The third-order valence-corrected chi connectivity index (χ3v) is 1.97. The molecule has 0 amide bonds. The average Bonchev–Trinajstić information content (AvgIpc) is 2.13. The molecule has 0 aromatic heterocycles. The first-order valence-electron chi connectivity index (χ1n) is 4.89. The zero-order valence-corrected chi connectivity index (χ0v) is 8.72. The molecule has 0 aliphatic heterocycles. The van der Waals surface area contributed by atoms with Gasteiger partial charge in [-0.2, -0.15) is 10.2 Å². The van der Waals surface area contributed by atoms with Crippen molar-refractivity contribution in [2.24, 2.45) is 10.2 Å². The minimum absolute atomic E-state index is 1.01. The van der Waals surface area contributed by atoms with Crippen molar-refractivity contribution in [1.82, 2.24) is 0 Å². The normalized spacial score (nSPS) is 9.33. The minimum Gasteiger partial charge on any atom is -0.160 e. The summed E-state index contributed by atoms with van der Waals surface area (Å²) in [6.45, 7) is 8.48. The van der Waals surface area contributed by atoms with Gasteiger partial charge in [0.25, 0.3) is 0 Å². The van der Waals surface area contributed by atoms with E-state index in [9.17, 15) is 0 Å². The Morgan fingerprint density at radius 3 is 1.08 bits per heavy atom. The van der Waals surface area contributed by atoms with Crippen LogP contribution in [-0.4, -0.2) is 11.4 Å². The summed E-state index contributed by atoms with van der Waals surface area (Å²) in [6.07, 6.45) is 4.06. The van der Waals surface area contributed by atoms with Gasteiger partial charge in [0, 0.05) is 11.4 Å². The van der Waals surface area contributed by atoms with E-state index in [2.05, 4.69) is 37.9 Å². The van der Waals surface area contributed by atoms with Crippen molar-refractivity contribution in [1.29, 1.82) is 0 Å². The maximum Gasteiger partial charge on any atom is 0.0400 e. The van der Waals surface area contributed by atoms with Crippen LogP contribution in [0.4, 0.5) is 0 Å². The Hall–Kier alpha value is -0.660. The van der Waals surface area contributed by atoms with E-state index >= 15 is 0 Å². The van der Waals surface area contributed by atoms with Gasteiger partial charge in [-0.25, -0.2) is 0 Å². The molecule has 0 aliphatic carbocycles. The molecule has 0 atom stereocenters. The molecule has 0 rings (SSSR count). The van der Waals surface area contributed by atoms with Crippen molar-refractivity contribution in [2.75, 3.05) is 0 Å². The summed E-state index contributed by atoms with van der Waals surface area (Å²) in [5.41, 5.74) is 2.38. The lowest BCUT2D eigenvalue weighted by molar-refractivity contribution is 1.05. The SMILES string of the molecule is CCC(CC)=NN=C(CC)CC. The van der Waals surface area contributed by atoms with Crippen LogP contribution < -0.4 is 0 Å². The van der Waals surface area contributed by atoms with Crippen LogP contribution in [0.15, 0.2) is 10.2 Å². The van der Waals surface area contributed by atoms with Gasteiger partial charge in [-0.05, 0) is 25.7 Å². The molecule has 0 saturated heterocycles. The fourth-order valence-electron chi connectivity index (χ4n) is 0.924. The van der Waals surface area contributed by atoms with Crippen molar-refractivity contribution >= 4 is 11.4 Å². The molecule has 0 aromatic carbocycles. The highest BCUT2D eigenvalue weighted by molar-refractivity contribution is 5.87. The van der Waals surface area contributed by atoms with Crippen LogP contribution in [0.2, 0.25) is 0 Å². The van der Waals surface area contributed by atoms with Crippen LogP contribution in [0.25, 0.3) is 0 Å². The molecular weight excluding hydrogens is 148 g/mol. The number of rotatable bonds is 5. The fourth-order valence-corrected chi connectivity index (χ4v) is 0.924. The Balaban J connectivity index is 4.20. The van der Waals surface area contributed by atoms with Crippen LogP contribution in [0.1, 0.15) is 53.4 Å². The van der Waals surface area contributed by atoms with Crippen LogP contribution in [0.5, 0.6) is 0 Å². The molecule has 0 N–H and O–H groups in total. The molecule has 0 spiro atoms. The molecule has 12 heavy (non-hydrogen) atoms. The van der Waals surface area contributed by atoms with Crippen molar-refractivity contribution in [2.45, 2.75) is 53.4 Å². The van der Waals surface area contributed by atoms with E-state index in [4.69, 9.17) is 0 Å². The van der Waals surface area contributed by atoms with Gasteiger partial charge in [0.1, 0.15) is 0 Å². The van der Waals surface area contributed by atoms with Crippen LogP contribution in [0, 0.1) is 0 Å². The van der Waals surface area contributed by atoms with Gasteiger partial charge in [0.15, 0.2) is 0 Å². The summed E-state index contributed by atoms with van der Waals surface area (Å²) in [7, 11) is 0. The van der Waals surface area contributed by atoms with E-state index in [1.165, 1.54) is 11.4 Å². The molecule has 0 fully saturated rings. The molecule has 0 aliphatic rings. The van der Waals surface area contributed by atoms with Crippen LogP contribution in [0.3, 0.4) is 0 Å². The average molecular weight is 168 g/mol. The number of hydrogen-bond donors (Lipinski definition) is 0. The first-order valence-corrected chi connectivity index (χ1v) is 4.89. The van der Waals surface area contributed by atoms with Gasteiger partial charge < -0.3 is 0 Å². The van der Waals surface area contributed by atoms with Crippen LogP contribution >= 0.6 is 0 Å². The molecule has 0 aromatic rings. The molecule has 2 nitrogen and oxygen atoms in total. The zero-order chi connectivity index (χ0) is 9.40. The Morgan fingerprint density at radius 2 is 0.917 bits per heavy atom.